The highest BCUT2D eigenvalue weighted by molar-refractivity contribution is 6.30. The van der Waals surface area contributed by atoms with Gasteiger partial charge in [-0.1, -0.05) is 28.9 Å². The number of likely N-dealkylation sites (tertiary alicyclic amines) is 1. The van der Waals surface area contributed by atoms with Gasteiger partial charge in [-0.05, 0) is 42.0 Å². The fourth-order valence-corrected chi connectivity index (χ4v) is 3.37. The average Bonchev–Trinajstić information content (AvgIpc) is 3.29. The number of halogens is 1. The Morgan fingerprint density at radius 1 is 1.26 bits per heavy atom. The lowest BCUT2D eigenvalue weighted by molar-refractivity contribution is -0.128. The maximum absolute atomic E-state index is 12.4. The Labute approximate surface area is 161 Å². The highest BCUT2D eigenvalue weighted by atomic mass is 35.5. The van der Waals surface area contributed by atoms with Crippen molar-refractivity contribution in [2.45, 2.75) is 18.9 Å². The molecule has 1 aliphatic heterocycles. The highest BCUT2D eigenvalue weighted by Gasteiger charge is 2.33. The molecule has 7 heteroatoms. The van der Waals surface area contributed by atoms with Crippen molar-refractivity contribution in [3.05, 3.63) is 70.5 Å². The van der Waals surface area contributed by atoms with Crippen LogP contribution in [0.1, 0.15) is 29.3 Å². The van der Waals surface area contributed by atoms with E-state index < -0.39 is 0 Å². The van der Waals surface area contributed by atoms with Crippen LogP contribution in [0.4, 0.5) is 0 Å². The molecule has 1 unspecified atom stereocenters. The van der Waals surface area contributed by atoms with Crippen molar-refractivity contribution in [1.82, 2.24) is 15.0 Å². The third-order valence-corrected chi connectivity index (χ3v) is 4.78. The number of rotatable bonds is 4. The zero-order chi connectivity index (χ0) is 18.8. The Balaban J connectivity index is 1.47. The molecule has 0 radical (unpaired) electrons. The molecule has 2 heterocycles. The second kappa shape index (κ2) is 7.22. The first-order valence-corrected chi connectivity index (χ1v) is 8.86. The summed E-state index contributed by atoms with van der Waals surface area (Å²) in [7, 11) is 0. The third kappa shape index (κ3) is 3.69. The maximum Gasteiger partial charge on any atom is 0.257 e. The molecule has 0 bridgehead atoms. The van der Waals surface area contributed by atoms with E-state index in [1.807, 2.05) is 24.3 Å². The Hall–Kier alpha value is -3.17. The molecule has 1 aliphatic rings. The van der Waals surface area contributed by atoms with E-state index in [1.54, 1.807) is 29.2 Å². The summed E-state index contributed by atoms with van der Waals surface area (Å²) >= 11 is 6.02. The number of nitriles is 1. The van der Waals surface area contributed by atoms with E-state index in [4.69, 9.17) is 21.4 Å². The lowest BCUT2D eigenvalue weighted by Gasteiger charge is -2.16. The number of aromatic nitrogens is 2. The monoisotopic (exact) mass is 378 g/mol. The molecular formula is C20H15ClN4O2. The SMILES string of the molecule is N#Cc1ccc(-c2nc(C3CC(=O)N(Cc4cccc(Cl)c4)C3)no2)cc1. The minimum absolute atomic E-state index is 0.0599. The van der Waals surface area contributed by atoms with Gasteiger partial charge in [-0.25, -0.2) is 0 Å². The van der Waals surface area contributed by atoms with E-state index in [0.717, 1.165) is 11.1 Å². The number of amides is 1. The van der Waals surface area contributed by atoms with Gasteiger partial charge < -0.3 is 9.42 Å². The van der Waals surface area contributed by atoms with Gasteiger partial charge in [-0.3, -0.25) is 4.79 Å². The van der Waals surface area contributed by atoms with Crippen LogP contribution in [0.3, 0.4) is 0 Å². The van der Waals surface area contributed by atoms with Gasteiger partial charge in [-0.15, -0.1) is 0 Å². The predicted octanol–water partition coefficient (Wildman–Crippen LogP) is 3.78. The van der Waals surface area contributed by atoms with E-state index in [9.17, 15) is 4.79 Å². The number of nitrogens with zero attached hydrogens (tertiary/aromatic N) is 4. The van der Waals surface area contributed by atoms with Crippen LogP contribution >= 0.6 is 11.6 Å². The van der Waals surface area contributed by atoms with Crippen molar-refractivity contribution < 1.29 is 9.32 Å². The van der Waals surface area contributed by atoms with Crippen LogP contribution in [0.15, 0.2) is 53.1 Å². The van der Waals surface area contributed by atoms with Crippen LogP contribution in [-0.2, 0) is 11.3 Å². The molecule has 0 saturated carbocycles. The minimum atomic E-state index is -0.104. The van der Waals surface area contributed by atoms with Crippen molar-refractivity contribution in [2.24, 2.45) is 0 Å². The molecule has 2 aromatic carbocycles. The maximum atomic E-state index is 12.4. The van der Waals surface area contributed by atoms with Crippen LogP contribution < -0.4 is 0 Å². The van der Waals surface area contributed by atoms with E-state index in [-0.39, 0.29) is 11.8 Å². The molecule has 1 fully saturated rings. The molecule has 0 aliphatic carbocycles. The molecule has 1 aromatic heterocycles. The van der Waals surface area contributed by atoms with Gasteiger partial charge in [-0.2, -0.15) is 10.2 Å². The highest BCUT2D eigenvalue weighted by Crippen LogP contribution is 2.29. The molecule has 3 aromatic rings. The summed E-state index contributed by atoms with van der Waals surface area (Å²) in [4.78, 5) is 18.6. The molecule has 1 amide bonds. The molecule has 1 saturated heterocycles. The first-order valence-electron chi connectivity index (χ1n) is 8.49. The van der Waals surface area contributed by atoms with Crippen molar-refractivity contribution in [3.8, 4) is 17.5 Å². The van der Waals surface area contributed by atoms with Crippen LogP contribution in [0, 0.1) is 11.3 Å². The smallest absolute Gasteiger partial charge is 0.257 e. The summed E-state index contributed by atoms with van der Waals surface area (Å²) in [6, 6.07) is 16.5. The normalized spacial score (nSPS) is 16.5. The van der Waals surface area contributed by atoms with E-state index >= 15 is 0 Å². The van der Waals surface area contributed by atoms with Gasteiger partial charge in [0.2, 0.25) is 5.91 Å². The van der Waals surface area contributed by atoms with Gasteiger partial charge in [0.25, 0.3) is 5.89 Å². The van der Waals surface area contributed by atoms with Gasteiger partial charge >= 0.3 is 0 Å². The third-order valence-electron chi connectivity index (χ3n) is 4.54. The van der Waals surface area contributed by atoms with Crippen LogP contribution in [0.25, 0.3) is 11.5 Å². The van der Waals surface area contributed by atoms with Crippen molar-refractivity contribution in [3.63, 3.8) is 0 Å². The predicted molar refractivity (Wildman–Crippen MR) is 98.7 cm³/mol. The number of benzene rings is 2. The standard InChI is InChI=1S/C20H15ClN4O2/c21-17-3-1-2-14(8-17)11-25-12-16(9-18(25)26)19-23-20(27-24-19)15-6-4-13(10-22)5-7-15/h1-8,16H,9,11-12H2. The van der Waals surface area contributed by atoms with Crippen LogP contribution in [0.2, 0.25) is 5.02 Å². The lowest BCUT2D eigenvalue weighted by atomic mass is 10.1. The summed E-state index contributed by atoms with van der Waals surface area (Å²) in [6.45, 7) is 1.05. The molecular weight excluding hydrogens is 364 g/mol. The summed E-state index contributed by atoms with van der Waals surface area (Å²) in [5.41, 5.74) is 2.30. The quantitative estimate of drug-likeness (QED) is 0.689. The molecule has 1 atom stereocenters. The zero-order valence-corrected chi connectivity index (χ0v) is 15.1. The largest absolute Gasteiger partial charge is 0.338 e. The number of carbonyl (C=O) groups excluding carboxylic acids is 1. The molecule has 0 spiro atoms. The average molecular weight is 379 g/mol. The Morgan fingerprint density at radius 2 is 2.07 bits per heavy atom. The lowest BCUT2D eigenvalue weighted by Crippen LogP contribution is -2.24. The molecule has 4 rings (SSSR count). The second-order valence-electron chi connectivity index (χ2n) is 6.45. The number of hydrogen-bond donors (Lipinski definition) is 0. The molecule has 0 N–H and O–H groups in total. The second-order valence-corrected chi connectivity index (χ2v) is 6.89. The molecule has 134 valence electrons. The number of carbonyl (C=O) groups is 1. The first-order chi connectivity index (χ1) is 13.1. The van der Waals surface area contributed by atoms with Crippen molar-refractivity contribution in [1.29, 1.82) is 5.26 Å². The fourth-order valence-electron chi connectivity index (χ4n) is 3.16. The fraction of sp³-hybridized carbons (Fsp3) is 0.200. The Kier molecular flexibility index (Phi) is 4.61. The Morgan fingerprint density at radius 3 is 2.81 bits per heavy atom. The summed E-state index contributed by atoms with van der Waals surface area (Å²) in [5, 5.41) is 13.6. The van der Waals surface area contributed by atoms with Crippen molar-refractivity contribution in [2.75, 3.05) is 6.54 Å². The topological polar surface area (TPSA) is 83.0 Å². The van der Waals surface area contributed by atoms with Crippen molar-refractivity contribution >= 4 is 17.5 Å². The molecule has 6 nitrogen and oxygen atoms in total. The van der Waals surface area contributed by atoms with Gasteiger partial charge in [0.1, 0.15) is 0 Å². The van der Waals surface area contributed by atoms with Gasteiger partial charge in [0.15, 0.2) is 5.82 Å². The Bertz CT molecular complexity index is 1020. The van der Waals surface area contributed by atoms with Crippen LogP contribution in [-0.4, -0.2) is 27.5 Å². The summed E-state index contributed by atoms with van der Waals surface area (Å²) < 4.78 is 5.35. The minimum Gasteiger partial charge on any atom is -0.338 e. The van der Waals surface area contributed by atoms with E-state index in [2.05, 4.69) is 16.2 Å². The number of hydrogen-bond acceptors (Lipinski definition) is 5. The van der Waals surface area contributed by atoms with Crippen LogP contribution in [0.5, 0.6) is 0 Å². The van der Waals surface area contributed by atoms with Gasteiger partial charge in [0, 0.05) is 36.0 Å². The van der Waals surface area contributed by atoms with E-state index in [0.29, 0.717) is 41.8 Å². The molecule has 27 heavy (non-hydrogen) atoms. The summed E-state index contributed by atoms with van der Waals surface area (Å²) in [6.07, 6.45) is 0.354. The van der Waals surface area contributed by atoms with E-state index in [1.165, 1.54) is 0 Å². The summed E-state index contributed by atoms with van der Waals surface area (Å²) in [5.74, 6) is 0.865. The first kappa shape index (κ1) is 17.3. The zero-order valence-electron chi connectivity index (χ0n) is 14.3. The van der Waals surface area contributed by atoms with Gasteiger partial charge in [0.05, 0.1) is 11.6 Å².